The van der Waals surface area contributed by atoms with Gasteiger partial charge in [-0.2, -0.15) is 0 Å². The molecular weight excluding hydrogens is 371 g/mol. The Labute approximate surface area is 153 Å². The Kier molecular flexibility index (Phi) is 6.06. The van der Waals surface area contributed by atoms with Crippen molar-refractivity contribution in [1.82, 2.24) is 0 Å². The number of halogens is 2. The zero-order valence-electron chi connectivity index (χ0n) is 13.3. The van der Waals surface area contributed by atoms with E-state index in [0.717, 1.165) is 0 Å². The van der Waals surface area contributed by atoms with Gasteiger partial charge in [-0.25, -0.2) is 0 Å². The van der Waals surface area contributed by atoms with Crippen LogP contribution in [0.15, 0.2) is 36.4 Å². The lowest BCUT2D eigenvalue weighted by atomic mass is 10.2. The molecular formula is C16H14Cl2N2O5. The van der Waals surface area contributed by atoms with Crippen LogP contribution >= 0.6 is 23.2 Å². The van der Waals surface area contributed by atoms with Crippen molar-refractivity contribution in [3.63, 3.8) is 0 Å². The first kappa shape index (κ1) is 18.8. The summed E-state index contributed by atoms with van der Waals surface area (Å²) in [5, 5.41) is 14.3. The summed E-state index contributed by atoms with van der Waals surface area (Å²) in [6, 6.07) is 8.65. The Balaban J connectivity index is 2.14. The Morgan fingerprint density at radius 1 is 1.16 bits per heavy atom. The Hall–Kier alpha value is -2.51. The molecule has 0 aromatic heterocycles. The number of benzene rings is 2. The Bertz CT molecular complexity index is 793. The van der Waals surface area contributed by atoms with E-state index >= 15 is 0 Å². The summed E-state index contributed by atoms with van der Waals surface area (Å²) in [6.45, 7) is 1.50. The second kappa shape index (κ2) is 8.04. The molecule has 2 rings (SSSR count). The smallest absolute Gasteiger partial charge is 0.296 e. The minimum Gasteiger partial charge on any atom is -0.496 e. The van der Waals surface area contributed by atoms with Gasteiger partial charge in [0.15, 0.2) is 6.10 Å². The number of nitrogens with one attached hydrogen (secondary N) is 1. The highest BCUT2D eigenvalue weighted by molar-refractivity contribution is 6.34. The van der Waals surface area contributed by atoms with Crippen molar-refractivity contribution < 1.29 is 19.2 Å². The van der Waals surface area contributed by atoms with Crippen LogP contribution in [0.3, 0.4) is 0 Å². The Morgan fingerprint density at radius 3 is 2.36 bits per heavy atom. The molecule has 0 bridgehead atoms. The number of hydrogen-bond acceptors (Lipinski definition) is 5. The van der Waals surface area contributed by atoms with Gasteiger partial charge in [0.05, 0.1) is 18.1 Å². The molecule has 2 aromatic rings. The molecule has 9 heteroatoms. The van der Waals surface area contributed by atoms with E-state index in [-0.39, 0.29) is 11.4 Å². The number of carbonyl (C=O) groups excluding carboxylic acids is 1. The monoisotopic (exact) mass is 384 g/mol. The normalized spacial score (nSPS) is 11.5. The molecule has 1 N–H and O–H groups in total. The first-order valence-corrected chi connectivity index (χ1v) is 7.82. The van der Waals surface area contributed by atoms with Crippen LogP contribution < -0.4 is 14.8 Å². The molecule has 0 radical (unpaired) electrons. The van der Waals surface area contributed by atoms with Crippen LogP contribution in [-0.2, 0) is 4.79 Å². The third-order valence-electron chi connectivity index (χ3n) is 3.18. The van der Waals surface area contributed by atoms with E-state index in [1.807, 2.05) is 0 Å². The van der Waals surface area contributed by atoms with Crippen LogP contribution in [0.4, 0.5) is 11.4 Å². The molecule has 0 saturated heterocycles. The molecule has 0 saturated carbocycles. The van der Waals surface area contributed by atoms with Crippen molar-refractivity contribution in [2.75, 3.05) is 12.4 Å². The number of nitro groups is 1. The minimum absolute atomic E-state index is 0.0374. The van der Waals surface area contributed by atoms with Crippen LogP contribution in [0.2, 0.25) is 10.0 Å². The molecule has 1 atom stereocenters. The van der Waals surface area contributed by atoms with Gasteiger partial charge in [0, 0.05) is 10.0 Å². The minimum atomic E-state index is -0.934. The molecule has 1 amide bonds. The molecule has 0 heterocycles. The van der Waals surface area contributed by atoms with Gasteiger partial charge in [-0.15, -0.1) is 0 Å². The van der Waals surface area contributed by atoms with Gasteiger partial charge >= 0.3 is 0 Å². The highest BCUT2D eigenvalue weighted by Crippen LogP contribution is 2.29. The van der Waals surface area contributed by atoms with Crippen LogP contribution in [0.25, 0.3) is 0 Å². The predicted octanol–water partition coefficient (Wildman–Crippen LogP) is 4.32. The predicted molar refractivity (Wildman–Crippen MR) is 94.8 cm³/mol. The van der Waals surface area contributed by atoms with E-state index in [2.05, 4.69) is 5.32 Å². The molecule has 0 aliphatic heterocycles. The van der Waals surface area contributed by atoms with E-state index in [1.165, 1.54) is 50.4 Å². The summed E-state index contributed by atoms with van der Waals surface area (Å²) in [6.07, 6.45) is -0.934. The van der Waals surface area contributed by atoms with Crippen LogP contribution in [-0.4, -0.2) is 24.0 Å². The van der Waals surface area contributed by atoms with Crippen LogP contribution in [0.1, 0.15) is 6.92 Å². The van der Waals surface area contributed by atoms with Crippen molar-refractivity contribution >= 4 is 40.5 Å². The molecule has 25 heavy (non-hydrogen) atoms. The second-order valence-corrected chi connectivity index (χ2v) is 5.87. The fourth-order valence-corrected chi connectivity index (χ4v) is 2.49. The number of anilines is 1. The van der Waals surface area contributed by atoms with Crippen LogP contribution in [0.5, 0.6) is 11.5 Å². The quantitative estimate of drug-likeness (QED) is 0.591. The average molecular weight is 385 g/mol. The first-order valence-electron chi connectivity index (χ1n) is 7.06. The topological polar surface area (TPSA) is 90.7 Å². The summed E-state index contributed by atoms with van der Waals surface area (Å²) in [5.74, 6) is 0.0521. The average Bonchev–Trinajstić information content (AvgIpc) is 2.53. The summed E-state index contributed by atoms with van der Waals surface area (Å²) in [5.41, 5.74) is -0.249. The molecule has 0 spiro atoms. The third-order valence-corrected chi connectivity index (χ3v) is 3.61. The van der Waals surface area contributed by atoms with Gasteiger partial charge in [0.25, 0.3) is 11.6 Å². The lowest BCUT2D eigenvalue weighted by Gasteiger charge is -2.15. The maximum atomic E-state index is 12.3. The number of rotatable bonds is 6. The van der Waals surface area contributed by atoms with E-state index in [4.69, 9.17) is 32.7 Å². The summed E-state index contributed by atoms with van der Waals surface area (Å²) < 4.78 is 10.4. The highest BCUT2D eigenvalue weighted by atomic mass is 35.5. The first-order chi connectivity index (χ1) is 11.8. The number of methoxy groups -OCH3 is 1. The van der Waals surface area contributed by atoms with Crippen molar-refractivity contribution in [2.45, 2.75) is 13.0 Å². The van der Waals surface area contributed by atoms with Gasteiger partial charge in [-0.3, -0.25) is 14.9 Å². The number of ether oxygens (including phenoxy) is 2. The van der Waals surface area contributed by atoms with Crippen LogP contribution in [0, 0.1) is 10.1 Å². The molecule has 0 aliphatic carbocycles. The van der Waals surface area contributed by atoms with Gasteiger partial charge in [0.1, 0.15) is 17.2 Å². The van der Waals surface area contributed by atoms with Gasteiger partial charge in [-0.05, 0) is 37.3 Å². The van der Waals surface area contributed by atoms with Gasteiger partial charge in [-0.1, -0.05) is 23.2 Å². The number of carbonyl (C=O) groups is 1. The summed E-state index contributed by atoms with van der Waals surface area (Å²) in [7, 11) is 1.39. The van der Waals surface area contributed by atoms with Crippen molar-refractivity contribution in [3.05, 3.63) is 56.6 Å². The number of nitro benzene ring substituents is 1. The standard InChI is InChI=1S/C16H14Cl2N2O5/c1-9(25-13-6-10(17)5-11(18)7-13)16(21)19-14-4-3-12(24-2)8-15(14)20(22)23/h3-9H,1-2H3,(H,19,21)/t9-/m0/s1. The number of nitrogens with zero attached hydrogens (tertiary/aromatic N) is 1. The fourth-order valence-electron chi connectivity index (χ4n) is 1.98. The maximum absolute atomic E-state index is 12.3. The number of amides is 1. The van der Waals surface area contributed by atoms with Gasteiger partial charge < -0.3 is 14.8 Å². The molecule has 0 aliphatic rings. The van der Waals surface area contributed by atoms with Crippen molar-refractivity contribution in [1.29, 1.82) is 0 Å². The van der Waals surface area contributed by atoms with E-state index < -0.39 is 16.9 Å². The second-order valence-electron chi connectivity index (χ2n) is 4.99. The van der Waals surface area contributed by atoms with Crippen molar-refractivity contribution in [2.24, 2.45) is 0 Å². The SMILES string of the molecule is COc1ccc(NC(=O)[C@H](C)Oc2cc(Cl)cc(Cl)c2)c([N+](=O)[O-])c1. The lowest BCUT2D eigenvalue weighted by Crippen LogP contribution is -2.30. The van der Waals surface area contributed by atoms with E-state index in [0.29, 0.717) is 21.5 Å². The van der Waals surface area contributed by atoms with E-state index in [1.54, 1.807) is 0 Å². The van der Waals surface area contributed by atoms with E-state index in [9.17, 15) is 14.9 Å². The zero-order chi connectivity index (χ0) is 18.6. The molecule has 2 aromatic carbocycles. The van der Waals surface area contributed by atoms with Gasteiger partial charge in [0.2, 0.25) is 0 Å². The van der Waals surface area contributed by atoms with Crippen molar-refractivity contribution in [3.8, 4) is 11.5 Å². The summed E-state index contributed by atoms with van der Waals surface area (Å²) in [4.78, 5) is 22.8. The number of hydrogen-bond donors (Lipinski definition) is 1. The molecule has 7 nitrogen and oxygen atoms in total. The zero-order valence-corrected chi connectivity index (χ0v) is 14.8. The fraction of sp³-hybridized carbons (Fsp3) is 0.188. The summed E-state index contributed by atoms with van der Waals surface area (Å²) >= 11 is 11.8. The lowest BCUT2D eigenvalue weighted by molar-refractivity contribution is -0.384. The maximum Gasteiger partial charge on any atom is 0.296 e. The molecule has 0 unspecified atom stereocenters. The Morgan fingerprint density at radius 2 is 1.80 bits per heavy atom. The molecule has 0 fully saturated rings. The largest absolute Gasteiger partial charge is 0.496 e. The highest BCUT2D eigenvalue weighted by Gasteiger charge is 2.21. The molecule has 132 valence electrons. The third kappa shape index (κ3) is 4.98.